The molecule has 6 nitrogen and oxygen atoms in total. The Morgan fingerprint density at radius 1 is 1.48 bits per heavy atom. The summed E-state index contributed by atoms with van der Waals surface area (Å²) in [7, 11) is 0. The van der Waals surface area contributed by atoms with Crippen LogP contribution >= 0.6 is 0 Å². The van der Waals surface area contributed by atoms with Gasteiger partial charge >= 0.3 is 0 Å². The van der Waals surface area contributed by atoms with E-state index in [1.807, 2.05) is 6.92 Å². The molecule has 2 aliphatic carbocycles. The summed E-state index contributed by atoms with van der Waals surface area (Å²) in [4.78, 5) is 14.0. The Balaban J connectivity index is 1.90. The number of fused-ring (bicyclic) bond motifs is 1. The Hall–Kier alpha value is -1.30. The Kier molecular flexibility index (Phi) is 4.06. The number of nitrogens with zero attached hydrogens (tertiary/aromatic N) is 2. The molecule has 0 spiro atoms. The molecule has 21 heavy (non-hydrogen) atoms. The molecule has 1 aliphatic heterocycles. The first kappa shape index (κ1) is 14.6. The zero-order valence-electron chi connectivity index (χ0n) is 12.7. The Bertz CT molecular complexity index is 445. The van der Waals surface area contributed by atoms with E-state index in [1.54, 1.807) is 0 Å². The SMILES string of the molecule is CCOC1=C(N2CCOCC2)C[C@@H]2CCC[C@]2([N+](=O)[O-])C1. The van der Waals surface area contributed by atoms with Gasteiger partial charge in [0.2, 0.25) is 5.54 Å². The molecule has 0 bridgehead atoms. The molecule has 118 valence electrons. The van der Waals surface area contributed by atoms with Crippen molar-refractivity contribution >= 4 is 0 Å². The van der Waals surface area contributed by atoms with E-state index in [0.29, 0.717) is 19.4 Å². The minimum atomic E-state index is -0.777. The van der Waals surface area contributed by atoms with Crippen LogP contribution in [0, 0.1) is 16.0 Å². The van der Waals surface area contributed by atoms with Crippen molar-refractivity contribution in [1.82, 2.24) is 4.90 Å². The van der Waals surface area contributed by atoms with Crippen molar-refractivity contribution in [2.45, 2.75) is 44.6 Å². The van der Waals surface area contributed by atoms with E-state index < -0.39 is 5.54 Å². The van der Waals surface area contributed by atoms with Gasteiger partial charge in [0.05, 0.1) is 31.9 Å². The highest BCUT2D eigenvalue weighted by atomic mass is 16.6. The third-order valence-corrected chi connectivity index (χ3v) is 5.23. The van der Waals surface area contributed by atoms with E-state index in [-0.39, 0.29) is 10.8 Å². The zero-order valence-corrected chi connectivity index (χ0v) is 12.7. The fraction of sp³-hybridized carbons (Fsp3) is 0.867. The highest BCUT2D eigenvalue weighted by Gasteiger charge is 2.57. The minimum Gasteiger partial charge on any atom is -0.496 e. The second kappa shape index (κ2) is 5.83. The molecular weight excluding hydrogens is 272 g/mol. The predicted octanol–water partition coefficient (Wildman–Crippen LogP) is 2.18. The smallest absolute Gasteiger partial charge is 0.232 e. The number of allylic oxidation sites excluding steroid dienone is 1. The van der Waals surface area contributed by atoms with Gasteiger partial charge in [0, 0.05) is 36.8 Å². The second-order valence-corrected chi connectivity index (χ2v) is 6.23. The summed E-state index contributed by atoms with van der Waals surface area (Å²) in [5.74, 6) is 1.02. The van der Waals surface area contributed by atoms with Gasteiger partial charge in [0.15, 0.2) is 0 Å². The lowest BCUT2D eigenvalue weighted by Crippen LogP contribution is -2.48. The molecule has 6 heteroatoms. The molecule has 2 fully saturated rings. The van der Waals surface area contributed by atoms with Gasteiger partial charge in [-0.3, -0.25) is 10.1 Å². The van der Waals surface area contributed by atoms with E-state index in [9.17, 15) is 10.1 Å². The second-order valence-electron chi connectivity index (χ2n) is 6.23. The standard InChI is InChI=1S/C15H24N2O4/c1-2-21-14-11-15(17(18)19)5-3-4-12(15)10-13(14)16-6-8-20-9-7-16/h12H,2-11H2,1H3/t12-,15-/m0/s1. The Morgan fingerprint density at radius 3 is 2.90 bits per heavy atom. The fourth-order valence-corrected chi connectivity index (χ4v) is 4.13. The van der Waals surface area contributed by atoms with Crippen LogP contribution in [0.2, 0.25) is 0 Å². The van der Waals surface area contributed by atoms with Crippen LogP contribution in [-0.4, -0.2) is 48.3 Å². The Morgan fingerprint density at radius 2 is 2.24 bits per heavy atom. The van der Waals surface area contributed by atoms with Crippen LogP contribution in [0.4, 0.5) is 0 Å². The largest absolute Gasteiger partial charge is 0.496 e. The molecule has 1 heterocycles. The number of morpholine rings is 1. The molecular formula is C15H24N2O4. The minimum absolute atomic E-state index is 0.0280. The summed E-state index contributed by atoms with van der Waals surface area (Å²) in [5.41, 5.74) is 0.421. The molecule has 1 saturated carbocycles. The summed E-state index contributed by atoms with van der Waals surface area (Å²) < 4.78 is 11.2. The van der Waals surface area contributed by atoms with E-state index in [2.05, 4.69) is 4.90 Å². The third-order valence-electron chi connectivity index (χ3n) is 5.23. The van der Waals surface area contributed by atoms with Crippen molar-refractivity contribution in [3.05, 3.63) is 21.6 Å². The maximum absolute atomic E-state index is 11.7. The molecule has 0 N–H and O–H groups in total. The van der Waals surface area contributed by atoms with Crippen molar-refractivity contribution in [3.8, 4) is 0 Å². The first-order valence-electron chi connectivity index (χ1n) is 7.99. The first-order chi connectivity index (χ1) is 10.2. The lowest BCUT2D eigenvalue weighted by molar-refractivity contribution is -0.579. The van der Waals surface area contributed by atoms with Gasteiger partial charge in [-0.15, -0.1) is 0 Å². The van der Waals surface area contributed by atoms with Crippen molar-refractivity contribution in [2.24, 2.45) is 5.92 Å². The van der Waals surface area contributed by atoms with Crippen LogP contribution in [0.5, 0.6) is 0 Å². The normalized spacial score (nSPS) is 33.0. The molecule has 0 unspecified atom stereocenters. The average Bonchev–Trinajstić information content (AvgIpc) is 2.92. The van der Waals surface area contributed by atoms with Crippen LogP contribution in [0.15, 0.2) is 11.5 Å². The summed E-state index contributed by atoms with van der Waals surface area (Å²) in [6.07, 6.45) is 3.87. The molecule has 0 aromatic heterocycles. The van der Waals surface area contributed by atoms with Crippen LogP contribution in [0.1, 0.15) is 39.0 Å². The summed E-state index contributed by atoms with van der Waals surface area (Å²) in [5, 5.41) is 11.7. The van der Waals surface area contributed by atoms with Crippen molar-refractivity contribution < 1.29 is 14.4 Å². The first-order valence-corrected chi connectivity index (χ1v) is 7.99. The number of hydrogen-bond donors (Lipinski definition) is 0. The highest BCUT2D eigenvalue weighted by Crippen LogP contribution is 2.50. The van der Waals surface area contributed by atoms with Crippen molar-refractivity contribution in [2.75, 3.05) is 32.9 Å². The lowest BCUT2D eigenvalue weighted by atomic mass is 9.76. The van der Waals surface area contributed by atoms with Gasteiger partial charge in [0.25, 0.3) is 0 Å². The molecule has 0 amide bonds. The summed E-state index contributed by atoms with van der Waals surface area (Å²) in [6, 6.07) is 0. The third kappa shape index (κ3) is 2.50. The van der Waals surface area contributed by atoms with Gasteiger partial charge < -0.3 is 14.4 Å². The van der Waals surface area contributed by atoms with Crippen molar-refractivity contribution in [1.29, 1.82) is 0 Å². The predicted molar refractivity (Wildman–Crippen MR) is 77.3 cm³/mol. The van der Waals surface area contributed by atoms with Crippen LogP contribution in [0.25, 0.3) is 0 Å². The number of hydrogen-bond acceptors (Lipinski definition) is 5. The zero-order chi connectivity index (χ0) is 14.9. The van der Waals surface area contributed by atoms with Crippen LogP contribution in [-0.2, 0) is 9.47 Å². The van der Waals surface area contributed by atoms with Crippen molar-refractivity contribution in [3.63, 3.8) is 0 Å². The molecule has 2 atom stereocenters. The summed E-state index contributed by atoms with van der Waals surface area (Å²) in [6.45, 7) is 5.71. The average molecular weight is 296 g/mol. The fourth-order valence-electron chi connectivity index (χ4n) is 4.13. The Labute approximate surface area is 125 Å². The highest BCUT2D eigenvalue weighted by molar-refractivity contribution is 5.20. The molecule has 1 saturated heterocycles. The lowest BCUT2D eigenvalue weighted by Gasteiger charge is -2.40. The van der Waals surface area contributed by atoms with Gasteiger partial charge in [-0.2, -0.15) is 0 Å². The molecule has 0 radical (unpaired) electrons. The van der Waals surface area contributed by atoms with Crippen LogP contribution in [0.3, 0.4) is 0 Å². The van der Waals surface area contributed by atoms with Gasteiger partial charge in [0.1, 0.15) is 5.76 Å². The van der Waals surface area contributed by atoms with E-state index in [4.69, 9.17) is 9.47 Å². The van der Waals surface area contributed by atoms with Gasteiger partial charge in [-0.05, 0) is 19.8 Å². The number of nitro groups is 1. The maximum atomic E-state index is 11.7. The summed E-state index contributed by atoms with van der Waals surface area (Å²) >= 11 is 0. The molecule has 3 rings (SSSR count). The topological polar surface area (TPSA) is 64.8 Å². The van der Waals surface area contributed by atoms with E-state index in [0.717, 1.165) is 51.3 Å². The van der Waals surface area contributed by atoms with Gasteiger partial charge in [-0.25, -0.2) is 0 Å². The van der Waals surface area contributed by atoms with Crippen LogP contribution < -0.4 is 0 Å². The van der Waals surface area contributed by atoms with E-state index in [1.165, 1.54) is 5.70 Å². The molecule has 0 aromatic rings. The number of ether oxygens (including phenoxy) is 2. The number of rotatable bonds is 4. The van der Waals surface area contributed by atoms with Gasteiger partial charge in [-0.1, -0.05) is 0 Å². The van der Waals surface area contributed by atoms with E-state index >= 15 is 0 Å². The molecule has 0 aromatic carbocycles. The monoisotopic (exact) mass is 296 g/mol. The quantitative estimate of drug-likeness (QED) is 0.587. The molecule has 3 aliphatic rings. The maximum Gasteiger partial charge on any atom is 0.232 e.